The molecule has 3 N–H and O–H groups in total. The molecule has 3 atom stereocenters. The Balaban J connectivity index is 2.36. The van der Waals surface area contributed by atoms with Crippen LogP contribution in [0.15, 0.2) is 94.4 Å². The largest absolute Gasteiger partial charge is 0.496 e. The highest BCUT2D eigenvalue weighted by Crippen LogP contribution is 2.34. The van der Waals surface area contributed by atoms with E-state index in [0.717, 1.165) is 24.1 Å². The molecule has 0 aliphatic heterocycles. The fraction of sp³-hybridized carbons (Fsp3) is 0.414. The molecule has 0 spiro atoms. The van der Waals surface area contributed by atoms with Gasteiger partial charge in [-0.15, -0.1) is 0 Å². The molecule has 0 heterocycles. The maximum atomic E-state index is 13.7. The molecule has 0 aromatic carbocycles. The number of aliphatic hydroxyl groups excluding tert-OH is 1. The lowest BCUT2D eigenvalue weighted by Crippen LogP contribution is -2.39. The number of hydrogen-bond donors (Lipinski definition) is 3. The van der Waals surface area contributed by atoms with Gasteiger partial charge in [0.15, 0.2) is 0 Å². The number of alkyl halides is 3. The SMILES string of the molecule is C/C=C(OC)\C(=C/C(C)CC(=O)O)C1=CC=C(C(F)(F)F)C=C(CNC(C)C(O)C2=CC=CCC=C2)C1. The third kappa shape index (κ3) is 9.37. The standard InChI is InChI=1S/C29H36F3NO4/c1-5-26(37-4)25(14-19(2)15-27(34)35)23-12-13-24(29(30,31)32)17-21(16-23)18-33-20(3)28(36)22-10-8-6-7-9-11-22/h5-6,8-14,17,19-20,28,33,36H,7,15-16,18H2,1-4H3,(H,34,35)/b25-14-,26-5+. The highest BCUT2D eigenvalue weighted by molar-refractivity contribution is 5.67. The Morgan fingerprint density at radius 1 is 1.22 bits per heavy atom. The fourth-order valence-electron chi connectivity index (χ4n) is 4.12. The number of aliphatic carboxylic acids is 1. The number of carboxylic acid groups (broad SMARTS) is 1. The second-order valence-corrected chi connectivity index (χ2v) is 9.15. The van der Waals surface area contributed by atoms with Crippen LogP contribution in [0.4, 0.5) is 13.2 Å². The molecule has 0 aromatic heterocycles. The van der Waals surface area contributed by atoms with Crippen LogP contribution >= 0.6 is 0 Å². The third-order valence-corrected chi connectivity index (χ3v) is 6.08. The van der Waals surface area contributed by atoms with Crippen molar-refractivity contribution in [3.05, 3.63) is 94.4 Å². The van der Waals surface area contributed by atoms with Gasteiger partial charge in [0.05, 0.1) is 25.2 Å². The summed E-state index contributed by atoms with van der Waals surface area (Å²) in [6.45, 7) is 5.38. The van der Waals surface area contributed by atoms with Crippen LogP contribution in [0.1, 0.15) is 40.0 Å². The van der Waals surface area contributed by atoms with Crippen LogP contribution in [-0.4, -0.2) is 48.2 Å². The lowest BCUT2D eigenvalue weighted by Gasteiger charge is -2.23. The van der Waals surface area contributed by atoms with Crippen molar-refractivity contribution >= 4 is 5.97 Å². The van der Waals surface area contributed by atoms with Crippen LogP contribution < -0.4 is 5.32 Å². The van der Waals surface area contributed by atoms with Crippen LogP contribution in [0, 0.1) is 5.92 Å². The molecule has 3 unspecified atom stereocenters. The second-order valence-electron chi connectivity index (χ2n) is 9.15. The van der Waals surface area contributed by atoms with E-state index in [0.29, 0.717) is 22.5 Å². The van der Waals surface area contributed by atoms with E-state index in [1.165, 1.54) is 13.2 Å². The maximum absolute atomic E-state index is 13.7. The second kappa shape index (κ2) is 14.0. The van der Waals surface area contributed by atoms with Crippen molar-refractivity contribution in [2.75, 3.05) is 13.7 Å². The van der Waals surface area contributed by atoms with E-state index in [9.17, 15) is 28.2 Å². The van der Waals surface area contributed by atoms with Gasteiger partial charge >= 0.3 is 12.1 Å². The van der Waals surface area contributed by atoms with Gasteiger partial charge in [-0.25, -0.2) is 0 Å². The maximum Gasteiger partial charge on any atom is 0.416 e. The van der Waals surface area contributed by atoms with E-state index in [-0.39, 0.29) is 25.3 Å². The highest BCUT2D eigenvalue weighted by atomic mass is 19.4. The number of nitrogens with one attached hydrogen (secondary N) is 1. The molecule has 0 amide bonds. The molecule has 0 fully saturated rings. The van der Waals surface area contributed by atoms with Crippen molar-refractivity contribution in [2.24, 2.45) is 5.92 Å². The predicted molar refractivity (Wildman–Crippen MR) is 140 cm³/mol. The Kier molecular flexibility index (Phi) is 11.4. The molecule has 2 rings (SSSR count). The zero-order valence-corrected chi connectivity index (χ0v) is 21.7. The van der Waals surface area contributed by atoms with Crippen LogP contribution in [0.5, 0.6) is 0 Å². The van der Waals surface area contributed by atoms with Gasteiger partial charge in [-0.1, -0.05) is 55.0 Å². The number of carbonyl (C=O) groups is 1. The fourth-order valence-corrected chi connectivity index (χ4v) is 4.12. The summed E-state index contributed by atoms with van der Waals surface area (Å²) < 4.78 is 46.7. The number of allylic oxidation sites excluding steroid dienone is 11. The number of methoxy groups -OCH3 is 1. The number of rotatable bonds is 11. The summed E-state index contributed by atoms with van der Waals surface area (Å²) in [5, 5.41) is 23.1. The smallest absolute Gasteiger partial charge is 0.416 e. The zero-order chi connectivity index (χ0) is 27.6. The van der Waals surface area contributed by atoms with Crippen molar-refractivity contribution in [2.45, 2.75) is 58.4 Å². The summed E-state index contributed by atoms with van der Waals surface area (Å²) in [4.78, 5) is 11.2. The number of aliphatic hydroxyl groups is 1. The molecule has 0 bridgehead atoms. The normalized spacial score (nSPS) is 19.6. The molecule has 8 heteroatoms. The van der Waals surface area contributed by atoms with E-state index >= 15 is 0 Å². The Morgan fingerprint density at radius 2 is 1.95 bits per heavy atom. The zero-order valence-electron chi connectivity index (χ0n) is 21.7. The number of hydrogen-bond acceptors (Lipinski definition) is 4. The molecular formula is C29H36F3NO4. The van der Waals surface area contributed by atoms with Gasteiger partial charge in [0.25, 0.3) is 0 Å². The van der Waals surface area contributed by atoms with Crippen molar-refractivity contribution in [1.82, 2.24) is 5.32 Å². The van der Waals surface area contributed by atoms with E-state index in [1.807, 2.05) is 30.4 Å². The minimum atomic E-state index is -4.55. The Hall–Kier alpha value is -3.10. The van der Waals surface area contributed by atoms with Crippen LogP contribution in [0.3, 0.4) is 0 Å². The Bertz CT molecular complexity index is 1070. The number of ether oxygens (including phenoxy) is 1. The van der Waals surface area contributed by atoms with Gasteiger partial charge in [-0.05, 0) is 62.0 Å². The topological polar surface area (TPSA) is 78.8 Å². The van der Waals surface area contributed by atoms with E-state index < -0.39 is 29.9 Å². The minimum Gasteiger partial charge on any atom is -0.496 e. The van der Waals surface area contributed by atoms with Gasteiger partial charge in [0.1, 0.15) is 5.76 Å². The van der Waals surface area contributed by atoms with Gasteiger partial charge in [-0.3, -0.25) is 4.79 Å². The van der Waals surface area contributed by atoms with E-state index in [1.54, 1.807) is 32.9 Å². The van der Waals surface area contributed by atoms with Gasteiger partial charge < -0.3 is 20.3 Å². The van der Waals surface area contributed by atoms with Crippen molar-refractivity contribution in [1.29, 1.82) is 0 Å². The van der Waals surface area contributed by atoms with Crippen LogP contribution in [0.25, 0.3) is 0 Å². The average molecular weight is 520 g/mol. The molecule has 2 aliphatic rings. The Labute approximate surface area is 216 Å². The molecule has 0 aromatic rings. The van der Waals surface area contributed by atoms with E-state index in [2.05, 4.69) is 5.32 Å². The molecule has 5 nitrogen and oxygen atoms in total. The van der Waals surface area contributed by atoms with Crippen LogP contribution in [-0.2, 0) is 9.53 Å². The average Bonchev–Trinajstić information content (AvgIpc) is 3.23. The first-order chi connectivity index (χ1) is 17.5. The first-order valence-corrected chi connectivity index (χ1v) is 12.2. The summed E-state index contributed by atoms with van der Waals surface area (Å²) in [5.41, 5.74) is 1.53. The molecule has 202 valence electrons. The summed E-state index contributed by atoms with van der Waals surface area (Å²) >= 11 is 0. The van der Waals surface area contributed by atoms with Gasteiger partial charge in [0, 0.05) is 18.2 Å². The summed E-state index contributed by atoms with van der Waals surface area (Å²) in [7, 11) is 1.46. The lowest BCUT2D eigenvalue weighted by atomic mass is 9.92. The van der Waals surface area contributed by atoms with Crippen LogP contribution in [0.2, 0.25) is 0 Å². The molecule has 37 heavy (non-hydrogen) atoms. The molecule has 2 aliphatic carbocycles. The molecule has 0 radical (unpaired) electrons. The molecule has 0 saturated carbocycles. The summed E-state index contributed by atoms with van der Waals surface area (Å²) in [6, 6.07) is -0.423. The number of halogens is 3. The Morgan fingerprint density at radius 3 is 2.57 bits per heavy atom. The predicted octanol–water partition coefficient (Wildman–Crippen LogP) is 6.10. The minimum absolute atomic E-state index is 0.117. The third-order valence-electron chi connectivity index (χ3n) is 6.08. The highest BCUT2D eigenvalue weighted by Gasteiger charge is 2.33. The summed E-state index contributed by atoms with van der Waals surface area (Å²) in [6.07, 6.45) is 11.9. The summed E-state index contributed by atoms with van der Waals surface area (Å²) in [5.74, 6) is -0.893. The quantitative estimate of drug-likeness (QED) is 0.227. The van der Waals surface area contributed by atoms with Crippen molar-refractivity contribution in [3.63, 3.8) is 0 Å². The first-order valence-electron chi connectivity index (χ1n) is 12.2. The van der Waals surface area contributed by atoms with Gasteiger partial charge in [-0.2, -0.15) is 13.2 Å². The van der Waals surface area contributed by atoms with Crippen molar-refractivity contribution in [3.8, 4) is 0 Å². The lowest BCUT2D eigenvalue weighted by molar-refractivity contribution is -0.137. The van der Waals surface area contributed by atoms with Crippen molar-refractivity contribution < 1.29 is 32.9 Å². The molecule has 0 saturated heterocycles. The number of carboxylic acids is 1. The van der Waals surface area contributed by atoms with Gasteiger partial charge in [0.2, 0.25) is 0 Å². The molecular weight excluding hydrogens is 483 g/mol. The van der Waals surface area contributed by atoms with E-state index in [4.69, 9.17) is 4.74 Å². The monoisotopic (exact) mass is 519 g/mol. The first kappa shape index (κ1) is 30.1.